The van der Waals surface area contributed by atoms with Crippen LogP contribution in [0.5, 0.6) is 0 Å². The molecule has 6 nitrogen and oxygen atoms in total. The molecule has 1 N–H and O–H groups in total. The first kappa shape index (κ1) is 21.5. The summed E-state index contributed by atoms with van der Waals surface area (Å²) >= 11 is 0. The van der Waals surface area contributed by atoms with Crippen molar-refractivity contribution in [3.63, 3.8) is 0 Å². The number of benzene rings is 1. The minimum Gasteiger partial charge on any atom is -0.481 e. The Balaban J connectivity index is 1.37. The van der Waals surface area contributed by atoms with Gasteiger partial charge in [-0.3, -0.25) is 14.3 Å². The number of nitrogens with zero attached hydrogens (tertiary/aromatic N) is 3. The molecule has 1 aliphatic heterocycles. The molecule has 31 heavy (non-hydrogen) atoms. The molecule has 4 rings (SSSR count). The van der Waals surface area contributed by atoms with E-state index in [1.165, 1.54) is 17.7 Å². The third-order valence-electron chi connectivity index (χ3n) is 6.83. The van der Waals surface area contributed by atoms with Crippen molar-refractivity contribution in [2.45, 2.75) is 65.0 Å². The number of aliphatic carboxylic acids is 1. The molecule has 0 saturated heterocycles. The van der Waals surface area contributed by atoms with Crippen LogP contribution in [0.3, 0.4) is 0 Å². The van der Waals surface area contributed by atoms with Gasteiger partial charge in [0.25, 0.3) is 0 Å². The SMILES string of the molecule is Cc1nn(Cc2ccc(F)cc2)c2c1CCN(C(=O)C[C@H]1CC[C@@H](CC(=O)O)CC1)C2. The van der Waals surface area contributed by atoms with Crippen molar-refractivity contribution >= 4 is 11.9 Å². The zero-order valence-electron chi connectivity index (χ0n) is 18.0. The number of carboxylic acid groups (broad SMARTS) is 1. The van der Waals surface area contributed by atoms with Crippen molar-refractivity contribution in [2.24, 2.45) is 11.8 Å². The first-order chi connectivity index (χ1) is 14.9. The first-order valence-electron chi connectivity index (χ1n) is 11.2. The second-order valence-electron chi connectivity index (χ2n) is 9.05. The summed E-state index contributed by atoms with van der Waals surface area (Å²) in [6.45, 7) is 3.84. The van der Waals surface area contributed by atoms with E-state index in [1.54, 1.807) is 12.1 Å². The van der Waals surface area contributed by atoms with Crippen LogP contribution in [0.4, 0.5) is 4.39 Å². The van der Waals surface area contributed by atoms with Crippen LogP contribution in [0.1, 0.15) is 61.0 Å². The smallest absolute Gasteiger partial charge is 0.303 e. The van der Waals surface area contributed by atoms with Crippen LogP contribution in [0.2, 0.25) is 0 Å². The molecule has 2 aromatic rings. The van der Waals surface area contributed by atoms with Crippen molar-refractivity contribution in [3.05, 3.63) is 52.6 Å². The minimum atomic E-state index is -0.726. The number of aryl methyl sites for hydroxylation is 1. The lowest BCUT2D eigenvalue weighted by atomic mass is 9.79. The van der Waals surface area contributed by atoms with Crippen molar-refractivity contribution < 1.29 is 19.1 Å². The molecule has 2 heterocycles. The fourth-order valence-corrected chi connectivity index (χ4v) is 5.04. The Morgan fingerprint density at radius 2 is 1.74 bits per heavy atom. The molecule has 1 amide bonds. The molecular weight excluding hydrogens is 397 g/mol. The Bertz CT molecular complexity index is 946. The number of hydrogen-bond donors (Lipinski definition) is 1. The van der Waals surface area contributed by atoms with Crippen molar-refractivity contribution in [1.29, 1.82) is 0 Å². The Labute approximate surface area is 182 Å². The summed E-state index contributed by atoms with van der Waals surface area (Å²) in [6, 6.07) is 6.45. The summed E-state index contributed by atoms with van der Waals surface area (Å²) in [4.78, 5) is 25.9. The quantitative estimate of drug-likeness (QED) is 0.758. The van der Waals surface area contributed by atoms with Gasteiger partial charge >= 0.3 is 5.97 Å². The summed E-state index contributed by atoms with van der Waals surface area (Å²) in [7, 11) is 0. The van der Waals surface area contributed by atoms with Crippen molar-refractivity contribution in [2.75, 3.05) is 6.54 Å². The zero-order chi connectivity index (χ0) is 22.0. The summed E-state index contributed by atoms with van der Waals surface area (Å²) in [5, 5.41) is 13.7. The lowest BCUT2D eigenvalue weighted by Crippen LogP contribution is -2.38. The minimum absolute atomic E-state index is 0.180. The standard InChI is InChI=1S/C24H30FN3O3/c1-16-21-10-11-27(23(29)12-17-2-4-18(5-3-17)13-24(30)31)15-22(21)28(26-16)14-19-6-8-20(25)9-7-19/h6-9,17-18H,2-5,10-15H2,1H3,(H,30,31)/t17-,18+. The van der Waals surface area contributed by atoms with Crippen LogP contribution < -0.4 is 0 Å². The van der Waals surface area contributed by atoms with Crippen molar-refractivity contribution in [3.8, 4) is 0 Å². The Morgan fingerprint density at radius 3 is 2.39 bits per heavy atom. The largest absolute Gasteiger partial charge is 0.481 e. The average molecular weight is 428 g/mol. The lowest BCUT2D eigenvalue weighted by Gasteiger charge is -2.32. The molecule has 1 aromatic heterocycles. The molecule has 0 spiro atoms. The number of carbonyl (C=O) groups excluding carboxylic acids is 1. The highest BCUT2D eigenvalue weighted by atomic mass is 19.1. The number of aromatic nitrogens is 2. The lowest BCUT2D eigenvalue weighted by molar-refractivity contribution is -0.139. The van der Waals surface area contributed by atoms with Gasteiger partial charge in [-0.1, -0.05) is 12.1 Å². The molecule has 0 bridgehead atoms. The number of amides is 1. The fraction of sp³-hybridized carbons (Fsp3) is 0.542. The maximum absolute atomic E-state index is 13.2. The van der Waals surface area contributed by atoms with Gasteiger partial charge in [-0.15, -0.1) is 0 Å². The van der Waals surface area contributed by atoms with Gasteiger partial charge in [0.2, 0.25) is 5.91 Å². The Kier molecular flexibility index (Phi) is 6.39. The highest BCUT2D eigenvalue weighted by molar-refractivity contribution is 5.76. The third kappa shape index (κ3) is 5.14. The summed E-state index contributed by atoms with van der Waals surface area (Å²) in [6.07, 6.45) is 5.26. The predicted octanol–water partition coefficient (Wildman–Crippen LogP) is 3.93. The van der Waals surface area contributed by atoms with E-state index in [2.05, 4.69) is 5.10 Å². The summed E-state index contributed by atoms with van der Waals surface area (Å²) < 4.78 is 15.2. The van der Waals surface area contributed by atoms with Crippen LogP contribution in [-0.4, -0.2) is 38.2 Å². The van der Waals surface area contributed by atoms with E-state index in [0.29, 0.717) is 32.0 Å². The van der Waals surface area contributed by atoms with Crippen LogP contribution in [-0.2, 0) is 29.1 Å². The second kappa shape index (κ2) is 9.20. The van der Waals surface area contributed by atoms with Gasteiger partial charge in [-0.05, 0) is 74.1 Å². The van der Waals surface area contributed by atoms with Crippen molar-refractivity contribution in [1.82, 2.24) is 14.7 Å². The maximum Gasteiger partial charge on any atom is 0.303 e. The highest BCUT2D eigenvalue weighted by Gasteiger charge is 2.29. The van der Waals surface area contributed by atoms with Gasteiger partial charge in [0.05, 0.1) is 24.5 Å². The van der Waals surface area contributed by atoms with Gasteiger partial charge in [-0.25, -0.2) is 4.39 Å². The normalized spacial score (nSPS) is 21.0. The van der Waals surface area contributed by atoms with Gasteiger partial charge in [0.15, 0.2) is 0 Å². The molecule has 2 aliphatic rings. The number of fused-ring (bicyclic) bond motifs is 1. The molecule has 0 radical (unpaired) electrons. The van der Waals surface area contributed by atoms with E-state index >= 15 is 0 Å². The number of halogens is 1. The second-order valence-corrected chi connectivity index (χ2v) is 9.05. The average Bonchev–Trinajstić information content (AvgIpc) is 3.05. The number of rotatable bonds is 6. The molecule has 7 heteroatoms. The molecule has 0 atom stereocenters. The van der Waals surface area contributed by atoms with Crippen LogP contribution in [0, 0.1) is 24.6 Å². The Morgan fingerprint density at radius 1 is 1.10 bits per heavy atom. The van der Waals surface area contributed by atoms with Gasteiger partial charge < -0.3 is 10.0 Å². The van der Waals surface area contributed by atoms with E-state index in [9.17, 15) is 14.0 Å². The number of hydrogen-bond acceptors (Lipinski definition) is 3. The van der Waals surface area contributed by atoms with Gasteiger partial charge in [0.1, 0.15) is 5.82 Å². The first-order valence-corrected chi connectivity index (χ1v) is 11.2. The number of carbonyl (C=O) groups is 2. The van der Waals surface area contributed by atoms with E-state index in [0.717, 1.165) is 49.1 Å². The molecular formula is C24H30FN3O3. The van der Waals surface area contributed by atoms with Crippen LogP contribution >= 0.6 is 0 Å². The molecule has 1 saturated carbocycles. The Hall–Kier alpha value is -2.70. The molecule has 1 aliphatic carbocycles. The number of carboxylic acids is 1. The fourth-order valence-electron chi connectivity index (χ4n) is 5.04. The molecule has 0 unspecified atom stereocenters. The van der Waals surface area contributed by atoms with E-state index in [-0.39, 0.29) is 24.1 Å². The third-order valence-corrected chi connectivity index (χ3v) is 6.83. The summed E-state index contributed by atoms with van der Waals surface area (Å²) in [5.41, 5.74) is 4.28. The van der Waals surface area contributed by atoms with Gasteiger partial charge in [-0.2, -0.15) is 5.10 Å². The molecule has 1 aromatic carbocycles. The predicted molar refractivity (Wildman–Crippen MR) is 114 cm³/mol. The topological polar surface area (TPSA) is 75.4 Å². The van der Waals surface area contributed by atoms with E-state index < -0.39 is 5.97 Å². The van der Waals surface area contributed by atoms with Crippen LogP contribution in [0.25, 0.3) is 0 Å². The summed E-state index contributed by atoms with van der Waals surface area (Å²) in [5.74, 6) is -0.193. The van der Waals surface area contributed by atoms with Crippen LogP contribution in [0.15, 0.2) is 24.3 Å². The molecule has 166 valence electrons. The molecule has 1 fully saturated rings. The van der Waals surface area contributed by atoms with E-state index in [4.69, 9.17) is 5.11 Å². The maximum atomic E-state index is 13.2. The monoisotopic (exact) mass is 427 g/mol. The van der Waals surface area contributed by atoms with E-state index in [1.807, 2.05) is 16.5 Å². The highest BCUT2D eigenvalue weighted by Crippen LogP contribution is 2.33. The zero-order valence-corrected chi connectivity index (χ0v) is 18.0. The van der Waals surface area contributed by atoms with Gasteiger partial charge in [0, 0.05) is 19.4 Å².